The van der Waals surface area contributed by atoms with E-state index in [1.807, 2.05) is 37.4 Å². The molecular weight excluding hydrogens is 396 g/mol. The van der Waals surface area contributed by atoms with E-state index in [9.17, 15) is 13.2 Å². The summed E-state index contributed by atoms with van der Waals surface area (Å²) >= 11 is 1.67. The predicted octanol–water partition coefficient (Wildman–Crippen LogP) is 3.35. The Labute approximate surface area is 171 Å². The van der Waals surface area contributed by atoms with Crippen LogP contribution >= 0.6 is 11.8 Å². The molecule has 1 amide bonds. The maximum Gasteiger partial charge on any atom is 0.258 e. The second-order valence-electron chi connectivity index (χ2n) is 6.60. The largest absolute Gasteiger partial charge is 0.484 e. The van der Waals surface area contributed by atoms with E-state index in [1.165, 1.54) is 29.2 Å². The summed E-state index contributed by atoms with van der Waals surface area (Å²) in [5.41, 5.74) is 1.01. The molecule has 0 heterocycles. The Kier molecular flexibility index (Phi) is 7.91. The molecule has 0 spiro atoms. The predicted molar refractivity (Wildman–Crippen MR) is 112 cm³/mol. The zero-order valence-corrected chi connectivity index (χ0v) is 18.1. The summed E-state index contributed by atoms with van der Waals surface area (Å²) < 4.78 is 32.2. The number of nitrogens with one attached hydrogen (secondary N) is 2. The first-order valence-corrected chi connectivity index (χ1v) is 11.6. The maximum absolute atomic E-state index is 12.1. The lowest BCUT2D eigenvalue weighted by Gasteiger charge is -2.15. The molecule has 6 nitrogen and oxygen atoms in total. The van der Waals surface area contributed by atoms with Gasteiger partial charge in [0.2, 0.25) is 10.0 Å². The average Bonchev–Trinajstić information content (AvgIpc) is 2.65. The van der Waals surface area contributed by atoms with E-state index in [-0.39, 0.29) is 29.5 Å². The lowest BCUT2D eigenvalue weighted by Crippen LogP contribution is -2.31. The first-order valence-electron chi connectivity index (χ1n) is 8.90. The minimum absolute atomic E-state index is 0.137. The van der Waals surface area contributed by atoms with Gasteiger partial charge < -0.3 is 10.1 Å². The third-order valence-electron chi connectivity index (χ3n) is 3.89. The fourth-order valence-electron chi connectivity index (χ4n) is 2.50. The minimum Gasteiger partial charge on any atom is -0.484 e. The molecule has 0 aliphatic heterocycles. The van der Waals surface area contributed by atoms with Gasteiger partial charge >= 0.3 is 0 Å². The standard InChI is InChI=1S/C20H26N2O4S2/c1-14(2)22-28(24,25)19-11-7-17(8-12-19)26-13-20(23)21-15(3)16-5-9-18(27-4)10-6-16/h5-12,14-15,22H,13H2,1-4H3,(H,21,23)/t15-/m0/s1. The van der Waals surface area contributed by atoms with Crippen LogP contribution in [0.4, 0.5) is 0 Å². The summed E-state index contributed by atoms with van der Waals surface area (Å²) in [4.78, 5) is 13.4. The van der Waals surface area contributed by atoms with Crippen molar-refractivity contribution in [2.45, 2.75) is 42.6 Å². The summed E-state index contributed by atoms with van der Waals surface area (Å²) in [6, 6.07) is 13.7. The van der Waals surface area contributed by atoms with Crippen molar-refractivity contribution < 1.29 is 17.9 Å². The molecule has 0 saturated carbocycles. The van der Waals surface area contributed by atoms with E-state index in [0.717, 1.165) is 5.56 Å². The van der Waals surface area contributed by atoms with E-state index in [2.05, 4.69) is 10.0 Å². The Morgan fingerprint density at radius 3 is 2.18 bits per heavy atom. The van der Waals surface area contributed by atoms with Crippen LogP contribution in [-0.2, 0) is 14.8 Å². The van der Waals surface area contributed by atoms with Crippen LogP contribution in [0.5, 0.6) is 5.75 Å². The van der Waals surface area contributed by atoms with Crippen LogP contribution in [0.1, 0.15) is 32.4 Å². The Bertz CT molecular complexity index is 879. The van der Waals surface area contributed by atoms with Crippen LogP contribution in [0.25, 0.3) is 0 Å². The normalized spacial score (nSPS) is 12.6. The van der Waals surface area contributed by atoms with Crippen LogP contribution in [-0.4, -0.2) is 33.2 Å². The molecule has 1 atom stereocenters. The van der Waals surface area contributed by atoms with Crippen LogP contribution in [0.15, 0.2) is 58.3 Å². The Morgan fingerprint density at radius 2 is 1.64 bits per heavy atom. The molecule has 0 bridgehead atoms. The zero-order chi connectivity index (χ0) is 20.7. The number of amides is 1. The van der Waals surface area contributed by atoms with E-state index in [1.54, 1.807) is 25.6 Å². The van der Waals surface area contributed by atoms with Crippen LogP contribution in [0, 0.1) is 0 Å². The molecular formula is C20H26N2O4S2. The van der Waals surface area contributed by atoms with Crippen LogP contribution in [0.3, 0.4) is 0 Å². The maximum atomic E-state index is 12.1. The highest BCUT2D eigenvalue weighted by molar-refractivity contribution is 7.98. The summed E-state index contributed by atoms with van der Waals surface area (Å²) in [6.07, 6.45) is 2.01. The fraction of sp³-hybridized carbons (Fsp3) is 0.350. The van der Waals surface area contributed by atoms with Gasteiger partial charge in [-0.15, -0.1) is 11.8 Å². The monoisotopic (exact) mass is 422 g/mol. The number of carbonyl (C=O) groups excluding carboxylic acids is 1. The van der Waals surface area contributed by atoms with Crippen molar-refractivity contribution in [3.05, 3.63) is 54.1 Å². The molecule has 0 saturated heterocycles. The Balaban J connectivity index is 1.88. The number of rotatable bonds is 9. The molecule has 8 heteroatoms. The smallest absolute Gasteiger partial charge is 0.258 e. The highest BCUT2D eigenvalue weighted by atomic mass is 32.2. The number of hydrogen-bond donors (Lipinski definition) is 2. The molecule has 0 unspecified atom stereocenters. The number of sulfonamides is 1. The lowest BCUT2D eigenvalue weighted by atomic mass is 10.1. The van der Waals surface area contributed by atoms with E-state index < -0.39 is 10.0 Å². The van der Waals surface area contributed by atoms with Crippen molar-refractivity contribution >= 4 is 27.7 Å². The third kappa shape index (κ3) is 6.54. The molecule has 2 N–H and O–H groups in total. The summed E-state index contributed by atoms with van der Waals surface area (Å²) in [5.74, 6) is 0.176. The topological polar surface area (TPSA) is 84.5 Å². The summed E-state index contributed by atoms with van der Waals surface area (Å²) in [7, 11) is -3.55. The van der Waals surface area contributed by atoms with E-state index in [0.29, 0.717) is 5.75 Å². The van der Waals surface area contributed by atoms with Crippen molar-refractivity contribution in [1.82, 2.24) is 10.0 Å². The second-order valence-corrected chi connectivity index (χ2v) is 9.19. The van der Waals surface area contributed by atoms with Gasteiger partial charge in [0.25, 0.3) is 5.91 Å². The zero-order valence-electron chi connectivity index (χ0n) is 16.4. The minimum atomic E-state index is -3.55. The van der Waals surface area contributed by atoms with Crippen molar-refractivity contribution in [3.8, 4) is 5.75 Å². The van der Waals surface area contributed by atoms with Crippen LogP contribution < -0.4 is 14.8 Å². The van der Waals surface area contributed by atoms with Gasteiger partial charge in [0, 0.05) is 10.9 Å². The molecule has 0 aliphatic carbocycles. The first kappa shape index (κ1) is 22.3. The second kappa shape index (κ2) is 9.95. The molecule has 2 aromatic rings. The van der Waals surface area contributed by atoms with E-state index >= 15 is 0 Å². The highest BCUT2D eigenvalue weighted by Crippen LogP contribution is 2.19. The number of ether oxygens (including phenoxy) is 1. The van der Waals surface area contributed by atoms with Crippen molar-refractivity contribution in [3.63, 3.8) is 0 Å². The molecule has 2 rings (SSSR count). The van der Waals surface area contributed by atoms with Crippen LogP contribution in [0.2, 0.25) is 0 Å². The van der Waals surface area contributed by atoms with Gasteiger partial charge in [0.05, 0.1) is 10.9 Å². The number of carbonyl (C=O) groups is 1. The summed E-state index contributed by atoms with van der Waals surface area (Å²) in [6.45, 7) is 5.27. The first-order chi connectivity index (χ1) is 13.2. The molecule has 152 valence electrons. The Morgan fingerprint density at radius 1 is 1.04 bits per heavy atom. The number of hydrogen-bond acceptors (Lipinski definition) is 5. The Hall–Kier alpha value is -2.03. The molecule has 0 radical (unpaired) electrons. The van der Waals surface area contributed by atoms with Gasteiger partial charge in [-0.05, 0) is 69.0 Å². The molecule has 0 fully saturated rings. The van der Waals surface area contributed by atoms with Gasteiger partial charge in [-0.2, -0.15) is 0 Å². The molecule has 2 aromatic carbocycles. The highest BCUT2D eigenvalue weighted by Gasteiger charge is 2.15. The van der Waals surface area contributed by atoms with E-state index in [4.69, 9.17) is 4.74 Å². The van der Waals surface area contributed by atoms with Gasteiger partial charge in [-0.3, -0.25) is 4.79 Å². The van der Waals surface area contributed by atoms with Crippen molar-refractivity contribution in [2.75, 3.05) is 12.9 Å². The van der Waals surface area contributed by atoms with Gasteiger partial charge in [-0.25, -0.2) is 13.1 Å². The lowest BCUT2D eigenvalue weighted by molar-refractivity contribution is -0.123. The van der Waals surface area contributed by atoms with Crippen molar-refractivity contribution in [1.29, 1.82) is 0 Å². The number of thioether (sulfide) groups is 1. The molecule has 0 aliphatic rings. The van der Waals surface area contributed by atoms with Gasteiger partial charge in [0.1, 0.15) is 5.75 Å². The quantitative estimate of drug-likeness (QED) is 0.606. The van der Waals surface area contributed by atoms with Gasteiger partial charge in [0.15, 0.2) is 6.61 Å². The third-order valence-corrected chi connectivity index (χ3v) is 6.31. The SMILES string of the molecule is CSc1ccc([C@H](C)NC(=O)COc2ccc(S(=O)(=O)NC(C)C)cc2)cc1. The summed E-state index contributed by atoms with van der Waals surface area (Å²) in [5, 5.41) is 2.88. The van der Waals surface area contributed by atoms with Crippen molar-refractivity contribution in [2.24, 2.45) is 0 Å². The average molecular weight is 423 g/mol. The number of benzene rings is 2. The molecule has 0 aromatic heterocycles. The fourth-order valence-corrected chi connectivity index (χ4v) is 4.16. The van der Waals surface area contributed by atoms with Gasteiger partial charge in [-0.1, -0.05) is 12.1 Å². The molecule has 28 heavy (non-hydrogen) atoms.